The molecule has 106 valence electrons. The first-order valence-corrected chi connectivity index (χ1v) is 8.00. The Kier molecular flexibility index (Phi) is 4.78. The van der Waals surface area contributed by atoms with E-state index in [9.17, 15) is 12.8 Å². The molecule has 0 amide bonds. The van der Waals surface area contributed by atoms with Gasteiger partial charge in [0.15, 0.2) is 0 Å². The molecule has 0 radical (unpaired) electrons. The molecule has 0 bridgehead atoms. The first-order chi connectivity index (χ1) is 8.99. The number of nitrogens with one attached hydrogen (secondary N) is 2. The molecule has 1 fully saturated rings. The molecule has 7 heteroatoms. The third-order valence-corrected chi connectivity index (χ3v) is 5.13. The molecule has 19 heavy (non-hydrogen) atoms. The Balaban J connectivity index is 1.99. The van der Waals surface area contributed by atoms with Gasteiger partial charge in [0.05, 0.1) is 5.02 Å². The fourth-order valence-corrected chi connectivity index (χ4v) is 3.68. The predicted octanol–water partition coefficient (Wildman–Crippen LogP) is 1.76. The van der Waals surface area contributed by atoms with Crippen molar-refractivity contribution in [3.05, 3.63) is 29.0 Å². The zero-order valence-corrected chi connectivity index (χ0v) is 11.9. The van der Waals surface area contributed by atoms with Gasteiger partial charge in [-0.1, -0.05) is 11.6 Å². The molecule has 1 unspecified atom stereocenters. The van der Waals surface area contributed by atoms with Gasteiger partial charge in [-0.15, -0.1) is 0 Å². The van der Waals surface area contributed by atoms with E-state index in [1.807, 2.05) is 0 Å². The maximum atomic E-state index is 13.1. The highest BCUT2D eigenvalue weighted by atomic mass is 35.5. The molecule has 0 aliphatic carbocycles. The molecule has 1 aromatic rings. The van der Waals surface area contributed by atoms with Gasteiger partial charge < -0.3 is 5.32 Å². The number of benzene rings is 1. The molecule has 1 heterocycles. The van der Waals surface area contributed by atoms with Gasteiger partial charge in [0, 0.05) is 6.54 Å². The lowest BCUT2D eigenvalue weighted by atomic mass is 10.1. The van der Waals surface area contributed by atoms with Crippen LogP contribution in [0.2, 0.25) is 5.02 Å². The zero-order chi connectivity index (χ0) is 13.9. The third kappa shape index (κ3) is 3.89. The summed E-state index contributed by atoms with van der Waals surface area (Å²) in [7, 11) is -3.75. The smallest absolute Gasteiger partial charge is 0.242 e. The van der Waals surface area contributed by atoms with Crippen molar-refractivity contribution in [2.75, 3.05) is 19.6 Å². The second kappa shape index (κ2) is 6.17. The summed E-state index contributed by atoms with van der Waals surface area (Å²) < 4.78 is 39.6. The minimum absolute atomic E-state index is 0.0245. The molecule has 2 N–H and O–H groups in total. The standard InChI is InChI=1S/C12H16ClFN2O2S/c13-11-2-1-10(14)7-12(11)19(17,18)16-6-4-9-3-5-15-8-9/h1-2,7,9,15-16H,3-6,8H2. The molecule has 0 spiro atoms. The Morgan fingerprint density at radius 1 is 1.47 bits per heavy atom. The van der Waals surface area contributed by atoms with Crippen LogP contribution in [0.3, 0.4) is 0 Å². The molecule has 0 saturated carbocycles. The molecule has 1 aromatic carbocycles. The molecule has 1 aliphatic heterocycles. The van der Waals surface area contributed by atoms with Crippen LogP contribution in [0.1, 0.15) is 12.8 Å². The van der Waals surface area contributed by atoms with Gasteiger partial charge >= 0.3 is 0 Å². The van der Waals surface area contributed by atoms with E-state index in [-0.39, 0.29) is 9.92 Å². The second-order valence-electron chi connectivity index (χ2n) is 4.62. The Morgan fingerprint density at radius 3 is 2.95 bits per heavy atom. The first kappa shape index (κ1) is 14.7. The summed E-state index contributed by atoms with van der Waals surface area (Å²) in [5.74, 6) is -0.129. The normalized spacial score (nSPS) is 19.8. The van der Waals surface area contributed by atoms with Crippen molar-refractivity contribution in [3.63, 3.8) is 0 Å². The van der Waals surface area contributed by atoms with Crippen LogP contribution < -0.4 is 10.0 Å². The molecular formula is C12H16ClFN2O2S. The number of hydrogen-bond donors (Lipinski definition) is 2. The molecule has 4 nitrogen and oxygen atoms in total. The molecule has 2 rings (SSSR count). The minimum Gasteiger partial charge on any atom is -0.316 e. The van der Waals surface area contributed by atoms with E-state index >= 15 is 0 Å². The van der Waals surface area contributed by atoms with E-state index in [4.69, 9.17) is 11.6 Å². The molecule has 0 aromatic heterocycles. The lowest BCUT2D eigenvalue weighted by Crippen LogP contribution is -2.27. The van der Waals surface area contributed by atoms with Gasteiger partial charge in [0.25, 0.3) is 0 Å². The number of sulfonamides is 1. The largest absolute Gasteiger partial charge is 0.316 e. The van der Waals surface area contributed by atoms with Crippen molar-refractivity contribution in [1.29, 1.82) is 0 Å². The zero-order valence-electron chi connectivity index (χ0n) is 10.3. The maximum absolute atomic E-state index is 13.1. The summed E-state index contributed by atoms with van der Waals surface area (Å²) >= 11 is 5.79. The fraction of sp³-hybridized carbons (Fsp3) is 0.500. The van der Waals surface area contributed by atoms with E-state index in [0.29, 0.717) is 12.5 Å². The van der Waals surface area contributed by atoms with Crippen molar-refractivity contribution >= 4 is 21.6 Å². The van der Waals surface area contributed by atoms with E-state index in [1.54, 1.807) is 0 Å². The third-order valence-electron chi connectivity index (χ3n) is 3.19. The van der Waals surface area contributed by atoms with Gasteiger partial charge in [-0.05, 0) is 50.0 Å². The average molecular weight is 307 g/mol. The van der Waals surface area contributed by atoms with Gasteiger partial charge in [0.1, 0.15) is 10.7 Å². The molecular weight excluding hydrogens is 291 g/mol. The first-order valence-electron chi connectivity index (χ1n) is 6.14. The monoisotopic (exact) mass is 306 g/mol. The van der Waals surface area contributed by atoms with E-state index in [2.05, 4.69) is 10.0 Å². The summed E-state index contributed by atoms with van der Waals surface area (Å²) in [5.41, 5.74) is 0. The lowest BCUT2D eigenvalue weighted by molar-refractivity contribution is 0.519. The van der Waals surface area contributed by atoms with Crippen LogP contribution in [0, 0.1) is 11.7 Å². The number of halogens is 2. The van der Waals surface area contributed by atoms with Crippen molar-refractivity contribution in [1.82, 2.24) is 10.0 Å². The average Bonchev–Trinajstić information content (AvgIpc) is 2.85. The highest BCUT2D eigenvalue weighted by Gasteiger charge is 2.20. The van der Waals surface area contributed by atoms with Crippen molar-refractivity contribution < 1.29 is 12.8 Å². The van der Waals surface area contributed by atoms with Crippen LogP contribution >= 0.6 is 11.6 Å². The number of rotatable bonds is 5. The van der Waals surface area contributed by atoms with Gasteiger partial charge in [-0.3, -0.25) is 0 Å². The van der Waals surface area contributed by atoms with Crippen LogP contribution in [-0.4, -0.2) is 28.1 Å². The van der Waals surface area contributed by atoms with Crippen molar-refractivity contribution in [2.45, 2.75) is 17.7 Å². The SMILES string of the molecule is O=S(=O)(NCCC1CCNC1)c1cc(F)ccc1Cl. The summed E-state index contributed by atoms with van der Waals surface area (Å²) in [5, 5.41) is 3.24. The van der Waals surface area contributed by atoms with Crippen LogP contribution in [-0.2, 0) is 10.0 Å². The van der Waals surface area contributed by atoms with Crippen LogP contribution in [0.5, 0.6) is 0 Å². The summed E-state index contributed by atoms with van der Waals surface area (Å²) in [6.45, 7) is 2.23. The predicted molar refractivity (Wildman–Crippen MR) is 72.2 cm³/mol. The van der Waals surface area contributed by atoms with Crippen molar-refractivity contribution in [2.24, 2.45) is 5.92 Å². The topological polar surface area (TPSA) is 58.2 Å². The second-order valence-corrected chi connectivity index (χ2v) is 6.76. The fourth-order valence-electron chi connectivity index (χ4n) is 2.12. The Morgan fingerprint density at radius 2 is 2.26 bits per heavy atom. The summed E-state index contributed by atoms with van der Waals surface area (Å²) in [6.07, 6.45) is 1.82. The quantitative estimate of drug-likeness (QED) is 0.871. The van der Waals surface area contributed by atoms with Gasteiger partial charge in [-0.2, -0.15) is 0 Å². The van der Waals surface area contributed by atoms with E-state index in [1.165, 1.54) is 6.07 Å². The summed E-state index contributed by atoms with van der Waals surface area (Å²) in [6, 6.07) is 3.31. The summed E-state index contributed by atoms with van der Waals surface area (Å²) in [4.78, 5) is -0.210. The van der Waals surface area contributed by atoms with Crippen LogP contribution in [0.25, 0.3) is 0 Å². The molecule has 1 saturated heterocycles. The molecule has 1 aliphatic rings. The maximum Gasteiger partial charge on any atom is 0.242 e. The van der Waals surface area contributed by atoms with Gasteiger partial charge in [-0.25, -0.2) is 17.5 Å². The van der Waals surface area contributed by atoms with Gasteiger partial charge in [0.2, 0.25) is 10.0 Å². The highest BCUT2D eigenvalue weighted by Crippen LogP contribution is 2.22. The highest BCUT2D eigenvalue weighted by molar-refractivity contribution is 7.89. The van der Waals surface area contributed by atoms with Crippen LogP contribution in [0.15, 0.2) is 23.1 Å². The lowest BCUT2D eigenvalue weighted by Gasteiger charge is -2.11. The minimum atomic E-state index is -3.75. The number of hydrogen-bond acceptors (Lipinski definition) is 3. The Labute approximate surface area is 117 Å². The van der Waals surface area contributed by atoms with E-state index < -0.39 is 15.8 Å². The Hall–Kier alpha value is -0.690. The van der Waals surface area contributed by atoms with E-state index in [0.717, 1.165) is 38.1 Å². The van der Waals surface area contributed by atoms with Crippen LogP contribution in [0.4, 0.5) is 4.39 Å². The van der Waals surface area contributed by atoms with Crippen molar-refractivity contribution in [3.8, 4) is 0 Å². The molecule has 1 atom stereocenters. The Bertz CT molecular complexity index is 545.